The van der Waals surface area contributed by atoms with Crippen molar-refractivity contribution in [3.05, 3.63) is 0 Å². The summed E-state index contributed by atoms with van der Waals surface area (Å²) in [6.45, 7) is 7.45. The molecule has 0 aromatic rings. The monoisotopic (exact) mass is 282 g/mol. The average Bonchev–Trinajstić information content (AvgIpc) is 2.81. The fourth-order valence-corrected chi connectivity index (χ4v) is 4.03. The summed E-state index contributed by atoms with van der Waals surface area (Å²) < 4.78 is 0. The van der Waals surface area contributed by atoms with Crippen LogP contribution in [0.4, 0.5) is 0 Å². The van der Waals surface area contributed by atoms with Crippen LogP contribution in [0.15, 0.2) is 0 Å². The lowest BCUT2D eigenvalue weighted by Crippen LogP contribution is -2.60. The SMILES string of the molecule is CC(C)N1CCC[C@H](N(C)[C@]2(CO)CC[C@@H](C)C2)C1=O. The number of nitrogens with zero attached hydrogens (tertiary/aromatic N) is 2. The molecule has 1 heterocycles. The number of aliphatic hydroxyl groups is 1. The lowest BCUT2D eigenvalue weighted by molar-refractivity contribution is -0.145. The second-order valence-electron chi connectivity index (χ2n) is 7.12. The Morgan fingerprint density at radius 1 is 1.45 bits per heavy atom. The van der Waals surface area contributed by atoms with Crippen molar-refractivity contribution in [2.45, 2.75) is 70.5 Å². The fraction of sp³-hybridized carbons (Fsp3) is 0.938. The molecule has 0 bridgehead atoms. The number of hydrogen-bond acceptors (Lipinski definition) is 3. The molecule has 1 saturated heterocycles. The molecule has 20 heavy (non-hydrogen) atoms. The molecule has 4 nitrogen and oxygen atoms in total. The van der Waals surface area contributed by atoms with Gasteiger partial charge in [0.2, 0.25) is 5.91 Å². The zero-order chi connectivity index (χ0) is 14.9. The van der Waals surface area contributed by atoms with Crippen LogP contribution in [0.3, 0.4) is 0 Å². The van der Waals surface area contributed by atoms with E-state index < -0.39 is 0 Å². The van der Waals surface area contributed by atoms with Crippen molar-refractivity contribution in [2.24, 2.45) is 5.92 Å². The molecule has 1 N–H and O–H groups in total. The van der Waals surface area contributed by atoms with Crippen molar-refractivity contribution >= 4 is 5.91 Å². The van der Waals surface area contributed by atoms with Gasteiger partial charge in [-0.1, -0.05) is 6.92 Å². The number of hydrogen-bond donors (Lipinski definition) is 1. The molecule has 1 aliphatic carbocycles. The zero-order valence-corrected chi connectivity index (χ0v) is 13.4. The summed E-state index contributed by atoms with van der Waals surface area (Å²) in [6, 6.07) is 0.217. The lowest BCUT2D eigenvalue weighted by atomic mass is 9.90. The van der Waals surface area contributed by atoms with Crippen LogP contribution < -0.4 is 0 Å². The third kappa shape index (κ3) is 2.73. The first-order valence-corrected chi connectivity index (χ1v) is 8.05. The fourth-order valence-electron chi connectivity index (χ4n) is 4.03. The highest BCUT2D eigenvalue weighted by Crippen LogP contribution is 2.40. The molecule has 4 heteroatoms. The molecular weight excluding hydrogens is 252 g/mol. The number of carbonyl (C=O) groups excluding carboxylic acids is 1. The van der Waals surface area contributed by atoms with Crippen molar-refractivity contribution in [3.63, 3.8) is 0 Å². The average molecular weight is 282 g/mol. The summed E-state index contributed by atoms with van der Waals surface area (Å²) >= 11 is 0. The minimum Gasteiger partial charge on any atom is -0.394 e. The molecule has 0 aromatic carbocycles. The van der Waals surface area contributed by atoms with Gasteiger partial charge in [-0.15, -0.1) is 0 Å². The van der Waals surface area contributed by atoms with E-state index in [0.717, 1.165) is 38.6 Å². The number of likely N-dealkylation sites (tertiary alicyclic amines) is 1. The number of amides is 1. The number of rotatable bonds is 4. The van der Waals surface area contributed by atoms with E-state index in [2.05, 4.69) is 25.7 Å². The summed E-state index contributed by atoms with van der Waals surface area (Å²) in [4.78, 5) is 16.9. The Hall–Kier alpha value is -0.610. The molecule has 0 unspecified atom stereocenters. The van der Waals surface area contributed by atoms with E-state index in [0.29, 0.717) is 5.92 Å². The van der Waals surface area contributed by atoms with Gasteiger partial charge in [0.1, 0.15) is 0 Å². The highest BCUT2D eigenvalue weighted by Gasteiger charge is 2.46. The Kier molecular flexibility index (Phi) is 4.75. The van der Waals surface area contributed by atoms with Gasteiger partial charge in [0.05, 0.1) is 12.6 Å². The van der Waals surface area contributed by atoms with E-state index in [9.17, 15) is 9.90 Å². The first kappa shape index (κ1) is 15.8. The quantitative estimate of drug-likeness (QED) is 0.856. The Bertz CT molecular complexity index is 358. The normalized spacial score (nSPS) is 35.4. The molecule has 3 atom stereocenters. The van der Waals surface area contributed by atoms with Gasteiger partial charge < -0.3 is 10.0 Å². The molecule has 0 spiro atoms. The molecule has 0 radical (unpaired) electrons. The van der Waals surface area contributed by atoms with E-state index in [4.69, 9.17) is 0 Å². The summed E-state index contributed by atoms with van der Waals surface area (Å²) in [7, 11) is 2.04. The van der Waals surface area contributed by atoms with E-state index in [1.54, 1.807) is 0 Å². The first-order valence-electron chi connectivity index (χ1n) is 8.05. The molecule has 116 valence electrons. The van der Waals surface area contributed by atoms with Gasteiger partial charge >= 0.3 is 0 Å². The lowest BCUT2D eigenvalue weighted by Gasteiger charge is -2.46. The van der Waals surface area contributed by atoms with Crippen LogP contribution in [0.1, 0.15) is 52.9 Å². The van der Waals surface area contributed by atoms with Gasteiger partial charge in [0.25, 0.3) is 0 Å². The van der Waals surface area contributed by atoms with Crippen LogP contribution in [0.25, 0.3) is 0 Å². The van der Waals surface area contributed by atoms with Crippen molar-refractivity contribution in [1.29, 1.82) is 0 Å². The molecule has 0 aromatic heterocycles. The third-order valence-corrected chi connectivity index (χ3v) is 5.41. The topological polar surface area (TPSA) is 43.8 Å². The van der Waals surface area contributed by atoms with Crippen molar-refractivity contribution in [3.8, 4) is 0 Å². The summed E-state index contributed by atoms with van der Waals surface area (Å²) in [5, 5.41) is 9.93. The number of piperidine rings is 1. The van der Waals surface area contributed by atoms with Crippen LogP contribution in [0.5, 0.6) is 0 Å². The molecule has 1 amide bonds. The third-order valence-electron chi connectivity index (χ3n) is 5.41. The minimum atomic E-state index is -0.181. The Labute approximate surface area is 123 Å². The van der Waals surface area contributed by atoms with Crippen molar-refractivity contribution < 1.29 is 9.90 Å². The van der Waals surface area contributed by atoms with Gasteiger partial charge in [-0.05, 0) is 58.9 Å². The van der Waals surface area contributed by atoms with Crippen LogP contribution in [0, 0.1) is 5.92 Å². The van der Waals surface area contributed by atoms with E-state index in [1.807, 2.05) is 11.9 Å². The zero-order valence-electron chi connectivity index (χ0n) is 13.4. The second-order valence-corrected chi connectivity index (χ2v) is 7.12. The van der Waals surface area contributed by atoms with E-state index in [1.165, 1.54) is 0 Å². The standard InChI is InChI=1S/C16H30N2O2/c1-12(2)18-9-5-6-14(15(18)20)17(4)16(11-19)8-7-13(3)10-16/h12-14,19H,5-11H2,1-4H3/t13-,14+,16-/m1/s1. The number of aliphatic hydroxyl groups excluding tert-OH is 1. The molecular formula is C16H30N2O2. The van der Waals surface area contributed by atoms with E-state index in [-0.39, 0.29) is 30.1 Å². The number of carbonyl (C=O) groups is 1. The van der Waals surface area contributed by atoms with Gasteiger partial charge in [-0.2, -0.15) is 0 Å². The molecule has 2 fully saturated rings. The highest BCUT2D eigenvalue weighted by molar-refractivity contribution is 5.83. The summed E-state index contributed by atoms with van der Waals surface area (Å²) in [5.41, 5.74) is -0.181. The van der Waals surface area contributed by atoms with Gasteiger partial charge in [0, 0.05) is 18.1 Å². The Morgan fingerprint density at radius 3 is 2.65 bits per heavy atom. The first-order chi connectivity index (χ1) is 9.41. The second kappa shape index (κ2) is 6.02. The predicted octanol–water partition coefficient (Wildman–Crippen LogP) is 1.87. The van der Waals surface area contributed by atoms with Crippen LogP contribution in [0.2, 0.25) is 0 Å². The molecule has 2 rings (SSSR count). The maximum atomic E-state index is 12.7. The van der Waals surface area contributed by atoms with Crippen LogP contribution in [-0.2, 0) is 4.79 Å². The van der Waals surface area contributed by atoms with Gasteiger partial charge in [-0.25, -0.2) is 0 Å². The number of likely N-dealkylation sites (N-methyl/N-ethyl adjacent to an activating group) is 1. The van der Waals surface area contributed by atoms with Gasteiger partial charge in [-0.3, -0.25) is 9.69 Å². The summed E-state index contributed by atoms with van der Waals surface area (Å²) in [5.74, 6) is 0.894. The smallest absolute Gasteiger partial charge is 0.240 e. The summed E-state index contributed by atoms with van der Waals surface area (Å²) in [6.07, 6.45) is 5.16. The molecule has 1 aliphatic heterocycles. The van der Waals surface area contributed by atoms with Crippen LogP contribution in [-0.4, -0.2) is 58.6 Å². The van der Waals surface area contributed by atoms with E-state index >= 15 is 0 Å². The van der Waals surface area contributed by atoms with Crippen molar-refractivity contribution in [1.82, 2.24) is 9.80 Å². The highest BCUT2D eigenvalue weighted by atomic mass is 16.3. The maximum absolute atomic E-state index is 12.7. The Balaban J connectivity index is 2.15. The largest absolute Gasteiger partial charge is 0.394 e. The van der Waals surface area contributed by atoms with Crippen LogP contribution >= 0.6 is 0 Å². The molecule has 2 aliphatic rings. The molecule has 1 saturated carbocycles. The van der Waals surface area contributed by atoms with Crippen molar-refractivity contribution in [2.75, 3.05) is 20.2 Å². The Morgan fingerprint density at radius 2 is 2.15 bits per heavy atom. The predicted molar refractivity (Wildman–Crippen MR) is 80.5 cm³/mol. The van der Waals surface area contributed by atoms with Gasteiger partial charge in [0.15, 0.2) is 0 Å². The minimum absolute atomic E-state index is 0.0522. The maximum Gasteiger partial charge on any atom is 0.240 e.